The molecule has 0 atom stereocenters. The Labute approximate surface area is 196 Å². The third-order valence-corrected chi connectivity index (χ3v) is 5.75. The van der Waals surface area contributed by atoms with Gasteiger partial charge in [-0.3, -0.25) is 9.59 Å². The second kappa shape index (κ2) is 9.42. The van der Waals surface area contributed by atoms with E-state index in [-0.39, 0.29) is 16.8 Å². The number of nitrogens with two attached hydrogens (primary N) is 1. The van der Waals surface area contributed by atoms with Gasteiger partial charge in [0.1, 0.15) is 5.41 Å². The van der Waals surface area contributed by atoms with E-state index in [4.69, 9.17) is 5.73 Å². The summed E-state index contributed by atoms with van der Waals surface area (Å²) < 4.78 is 0. The van der Waals surface area contributed by atoms with Crippen LogP contribution in [-0.2, 0) is 10.2 Å². The molecule has 6 nitrogen and oxygen atoms in total. The second-order valence-corrected chi connectivity index (χ2v) is 7.70. The zero-order chi connectivity index (χ0) is 24.1. The van der Waals surface area contributed by atoms with Gasteiger partial charge in [0, 0.05) is 0 Å². The monoisotopic (exact) mass is 450 g/mol. The molecule has 4 N–H and O–H groups in total. The lowest BCUT2D eigenvalue weighted by atomic mass is 9.68. The van der Waals surface area contributed by atoms with Gasteiger partial charge in [0.15, 0.2) is 0 Å². The Bertz CT molecular complexity index is 1240. The number of carboxylic acid groups (broad SMARTS) is 1. The Hall–Kier alpha value is -4.71. The Morgan fingerprint density at radius 3 is 1.47 bits per heavy atom. The summed E-state index contributed by atoms with van der Waals surface area (Å²) in [5.41, 5.74) is 5.64. The van der Waals surface area contributed by atoms with Crippen LogP contribution in [0.1, 0.15) is 37.4 Å². The number of nitrogens with one attached hydrogen (secondary N) is 1. The molecule has 0 aliphatic rings. The molecule has 4 aromatic rings. The number of aromatic carboxylic acids is 1. The van der Waals surface area contributed by atoms with Gasteiger partial charge in [0.2, 0.25) is 11.8 Å². The van der Waals surface area contributed by atoms with Crippen molar-refractivity contribution in [2.75, 3.05) is 5.32 Å². The van der Waals surface area contributed by atoms with E-state index in [2.05, 4.69) is 5.32 Å². The molecule has 0 spiro atoms. The predicted molar refractivity (Wildman–Crippen MR) is 130 cm³/mol. The van der Waals surface area contributed by atoms with Crippen molar-refractivity contribution >= 4 is 23.5 Å². The maximum absolute atomic E-state index is 14.3. The van der Waals surface area contributed by atoms with E-state index in [9.17, 15) is 19.5 Å². The zero-order valence-electron chi connectivity index (χ0n) is 18.1. The second-order valence-electron chi connectivity index (χ2n) is 7.70. The summed E-state index contributed by atoms with van der Waals surface area (Å²) in [6, 6.07) is 32.1. The van der Waals surface area contributed by atoms with Crippen LogP contribution in [0.4, 0.5) is 5.69 Å². The van der Waals surface area contributed by atoms with Crippen LogP contribution >= 0.6 is 0 Å². The third-order valence-electron chi connectivity index (χ3n) is 5.75. The van der Waals surface area contributed by atoms with E-state index >= 15 is 0 Å². The first-order valence-electron chi connectivity index (χ1n) is 10.6. The van der Waals surface area contributed by atoms with Crippen LogP contribution in [0.15, 0.2) is 109 Å². The summed E-state index contributed by atoms with van der Waals surface area (Å²) in [7, 11) is 0. The van der Waals surface area contributed by atoms with Gasteiger partial charge in [-0.1, -0.05) is 97.1 Å². The molecule has 0 heterocycles. The van der Waals surface area contributed by atoms with E-state index in [0.29, 0.717) is 16.7 Å². The first-order valence-corrected chi connectivity index (χ1v) is 10.6. The topological polar surface area (TPSA) is 109 Å². The highest BCUT2D eigenvalue weighted by atomic mass is 16.4. The third kappa shape index (κ3) is 3.93. The van der Waals surface area contributed by atoms with E-state index in [1.54, 1.807) is 0 Å². The van der Waals surface area contributed by atoms with Crippen molar-refractivity contribution in [1.29, 1.82) is 0 Å². The molecule has 0 radical (unpaired) electrons. The highest BCUT2D eigenvalue weighted by molar-refractivity contribution is 6.12. The molecule has 0 aliphatic heterocycles. The van der Waals surface area contributed by atoms with Gasteiger partial charge in [0.25, 0.3) is 0 Å². The minimum absolute atomic E-state index is 0.0130. The Balaban J connectivity index is 1.98. The summed E-state index contributed by atoms with van der Waals surface area (Å²) in [5.74, 6) is -2.73. The molecule has 0 unspecified atom stereocenters. The summed E-state index contributed by atoms with van der Waals surface area (Å²) in [4.78, 5) is 38.2. The Kier molecular flexibility index (Phi) is 6.23. The molecule has 4 aromatic carbocycles. The van der Waals surface area contributed by atoms with E-state index < -0.39 is 23.2 Å². The molecule has 0 aliphatic carbocycles. The molecule has 0 saturated heterocycles. The number of hydrogen-bond donors (Lipinski definition) is 3. The van der Waals surface area contributed by atoms with Gasteiger partial charge in [-0.2, -0.15) is 0 Å². The van der Waals surface area contributed by atoms with Crippen LogP contribution < -0.4 is 11.1 Å². The van der Waals surface area contributed by atoms with E-state index in [1.165, 1.54) is 18.2 Å². The molecule has 168 valence electrons. The van der Waals surface area contributed by atoms with Gasteiger partial charge in [-0.15, -0.1) is 0 Å². The molecule has 0 fully saturated rings. The van der Waals surface area contributed by atoms with E-state index in [0.717, 1.165) is 0 Å². The molecular formula is C28H22N2O4. The predicted octanol–water partition coefficient (Wildman–Crippen LogP) is 4.46. The molecule has 4 rings (SSSR count). The lowest BCUT2D eigenvalue weighted by Gasteiger charge is -2.34. The number of carbonyl (C=O) groups is 3. The van der Waals surface area contributed by atoms with Gasteiger partial charge in [0.05, 0.1) is 16.8 Å². The lowest BCUT2D eigenvalue weighted by Crippen LogP contribution is -2.43. The minimum Gasteiger partial charge on any atom is -0.478 e. The van der Waals surface area contributed by atoms with Crippen LogP contribution in [0.5, 0.6) is 0 Å². The van der Waals surface area contributed by atoms with Crippen LogP contribution in [-0.4, -0.2) is 22.9 Å². The van der Waals surface area contributed by atoms with Crippen molar-refractivity contribution in [3.05, 3.63) is 137 Å². The largest absolute Gasteiger partial charge is 0.478 e. The number of carboxylic acids is 1. The number of carbonyl (C=O) groups excluding carboxylic acids is 2. The average Bonchev–Trinajstić information content (AvgIpc) is 2.86. The van der Waals surface area contributed by atoms with Crippen molar-refractivity contribution < 1.29 is 19.5 Å². The molecule has 0 bridgehead atoms. The smallest absolute Gasteiger partial charge is 0.338 e. The molecule has 2 amide bonds. The number of hydrogen-bond acceptors (Lipinski definition) is 3. The van der Waals surface area contributed by atoms with Crippen molar-refractivity contribution in [3.63, 3.8) is 0 Å². The van der Waals surface area contributed by atoms with Gasteiger partial charge < -0.3 is 16.2 Å². The van der Waals surface area contributed by atoms with Crippen molar-refractivity contribution in [3.8, 4) is 0 Å². The van der Waals surface area contributed by atoms with Crippen LogP contribution in [0.3, 0.4) is 0 Å². The normalized spacial score (nSPS) is 10.9. The zero-order valence-corrected chi connectivity index (χ0v) is 18.1. The molecule has 0 saturated carbocycles. The summed E-state index contributed by atoms with van der Waals surface area (Å²) >= 11 is 0. The number of anilines is 1. The maximum Gasteiger partial charge on any atom is 0.338 e. The first-order chi connectivity index (χ1) is 16.5. The van der Waals surface area contributed by atoms with E-state index in [1.807, 2.05) is 91.0 Å². The van der Waals surface area contributed by atoms with Gasteiger partial charge in [-0.25, -0.2) is 4.79 Å². The highest BCUT2D eigenvalue weighted by Gasteiger charge is 2.44. The fraction of sp³-hybridized carbons (Fsp3) is 0.0357. The van der Waals surface area contributed by atoms with Crippen molar-refractivity contribution in [1.82, 2.24) is 0 Å². The van der Waals surface area contributed by atoms with Crippen molar-refractivity contribution in [2.45, 2.75) is 5.41 Å². The molecular weight excluding hydrogens is 428 g/mol. The minimum atomic E-state index is -1.37. The number of amides is 2. The maximum atomic E-state index is 14.3. The van der Waals surface area contributed by atoms with Crippen LogP contribution in [0, 0.1) is 0 Å². The first kappa shape index (κ1) is 22.5. The number of primary amides is 1. The molecule has 0 aromatic heterocycles. The lowest BCUT2D eigenvalue weighted by molar-refractivity contribution is -0.119. The summed E-state index contributed by atoms with van der Waals surface area (Å²) in [6.07, 6.45) is 0. The number of rotatable bonds is 7. The Morgan fingerprint density at radius 1 is 0.647 bits per heavy atom. The standard InChI is InChI=1S/C28H22N2O4/c29-25(31)22-17-10-18-23(24(22)26(32)33)30-27(34)28(19-11-4-1-5-12-19,20-13-6-2-7-14-20)21-15-8-3-9-16-21/h1-18H,(H2,29,31)(H,30,34)(H,32,33). The fourth-order valence-electron chi connectivity index (χ4n) is 4.27. The summed E-state index contributed by atoms with van der Waals surface area (Å²) in [5, 5.41) is 12.6. The van der Waals surface area contributed by atoms with Crippen molar-refractivity contribution in [2.24, 2.45) is 5.73 Å². The van der Waals surface area contributed by atoms with Crippen LogP contribution in [0.25, 0.3) is 0 Å². The quantitative estimate of drug-likeness (QED) is 0.361. The number of benzene rings is 4. The van der Waals surface area contributed by atoms with Gasteiger partial charge >= 0.3 is 5.97 Å². The summed E-state index contributed by atoms with van der Waals surface area (Å²) in [6.45, 7) is 0. The fourth-order valence-corrected chi connectivity index (χ4v) is 4.27. The Morgan fingerprint density at radius 2 is 1.09 bits per heavy atom. The SMILES string of the molecule is NC(=O)c1cccc(NC(=O)C(c2ccccc2)(c2ccccc2)c2ccccc2)c1C(=O)O. The molecule has 34 heavy (non-hydrogen) atoms. The molecule has 6 heteroatoms. The van der Waals surface area contributed by atoms with Gasteiger partial charge in [-0.05, 0) is 28.8 Å². The highest BCUT2D eigenvalue weighted by Crippen LogP contribution is 2.40. The average molecular weight is 450 g/mol. The van der Waals surface area contributed by atoms with Crippen LogP contribution in [0.2, 0.25) is 0 Å².